The molecule has 1 aromatic carbocycles. The lowest BCUT2D eigenvalue weighted by atomic mass is 10.1. The van der Waals surface area contributed by atoms with Crippen LogP contribution in [0.3, 0.4) is 0 Å². The van der Waals surface area contributed by atoms with Gasteiger partial charge in [-0.25, -0.2) is 0 Å². The van der Waals surface area contributed by atoms with Crippen molar-refractivity contribution in [2.45, 2.75) is 25.8 Å². The first-order chi connectivity index (χ1) is 10.2. The van der Waals surface area contributed by atoms with E-state index in [9.17, 15) is 9.59 Å². The number of nitrogens with zero attached hydrogens (tertiary/aromatic N) is 2. The second-order valence-electron chi connectivity index (χ2n) is 5.14. The maximum absolute atomic E-state index is 12.6. The van der Waals surface area contributed by atoms with Crippen LogP contribution >= 0.6 is 0 Å². The number of esters is 1. The van der Waals surface area contributed by atoms with Gasteiger partial charge in [-0.2, -0.15) is 5.10 Å². The highest BCUT2D eigenvalue weighted by Crippen LogP contribution is 2.28. The van der Waals surface area contributed by atoms with E-state index in [2.05, 4.69) is 10.2 Å². The number of benzene rings is 1. The van der Waals surface area contributed by atoms with Gasteiger partial charge in [-0.3, -0.25) is 14.7 Å². The van der Waals surface area contributed by atoms with Gasteiger partial charge in [0, 0.05) is 17.0 Å². The Morgan fingerprint density at radius 1 is 1.43 bits per heavy atom. The predicted molar refractivity (Wildman–Crippen MR) is 76.8 cm³/mol. The van der Waals surface area contributed by atoms with Gasteiger partial charge in [-0.15, -0.1) is 0 Å². The molecule has 3 rings (SSSR count). The number of carbonyl (C=O) groups excluding carboxylic acids is 2. The minimum Gasteiger partial charge on any atom is -0.465 e. The zero-order valence-electron chi connectivity index (χ0n) is 11.8. The molecule has 1 N–H and O–H groups in total. The number of nitrogens with one attached hydrogen (secondary N) is 1. The van der Waals surface area contributed by atoms with Crippen molar-refractivity contribution in [3.63, 3.8) is 0 Å². The van der Waals surface area contributed by atoms with Crippen LogP contribution in [0.25, 0.3) is 10.9 Å². The smallest absolute Gasteiger partial charge is 0.325 e. The van der Waals surface area contributed by atoms with E-state index in [1.807, 2.05) is 6.07 Å². The summed E-state index contributed by atoms with van der Waals surface area (Å²) in [6.07, 6.45) is 3.59. The summed E-state index contributed by atoms with van der Waals surface area (Å²) in [5, 5.41) is 7.74. The van der Waals surface area contributed by atoms with Crippen LogP contribution < -0.4 is 0 Å². The summed E-state index contributed by atoms with van der Waals surface area (Å²) in [5.41, 5.74) is 1.37. The first-order valence-electron chi connectivity index (χ1n) is 7.08. The Morgan fingerprint density at radius 3 is 2.95 bits per heavy atom. The summed E-state index contributed by atoms with van der Waals surface area (Å²) in [6, 6.07) is 5.53. The summed E-state index contributed by atoms with van der Waals surface area (Å²) >= 11 is 0. The monoisotopic (exact) mass is 287 g/mol. The Balaban J connectivity index is 1.81. The van der Waals surface area contributed by atoms with Crippen LogP contribution in [-0.2, 0) is 9.53 Å². The van der Waals surface area contributed by atoms with E-state index in [1.165, 1.54) is 0 Å². The first kappa shape index (κ1) is 13.6. The van der Waals surface area contributed by atoms with Gasteiger partial charge < -0.3 is 9.64 Å². The SMILES string of the molecule is CCOC(=O)CN(C(=O)c1ccc2cn[nH]c2c1)C1CC1. The normalized spacial score (nSPS) is 14.1. The highest BCUT2D eigenvalue weighted by atomic mass is 16.5. The summed E-state index contributed by atoms with van der Waals surface area (Å²) in [7, 11) is 0. The van der Waals surface area contributed by atoms with Gasteiger partial charge in [0.25, 0.3) is 5.91 Å². The number of hydrogen-bond donors (Lipinski definition) is 1. The zero-order chi connectivity index (χ0) is 14.8. The summed E-state index contributed by atoms with van der Waals surface area (Å²) in [4.78, 5) is 25.9. The number of fused-ring (bicyclic) bond motifs is 1. The van der Waals surface area contributed by atoms with Crippen LogP contribution in [0.2, 0.25) is 0 Å². The molecule has 0 bridgehead atoms. The van der Waals surface area contributed by atoms with Crippen molar-refractivity contribution in [3.8, 4) is 0 Å². The molecule has 0 unspecified atom stereocenters. The van der Waals surface area contributed by atoms with Gasteiger partial charge in [0.1, 0.15) is 6.54 Å². The molecule has 1 amide bonds. The standard InChI is InChI=1S/C15H17N3O3/c1-2-21-14(19)9-18(12-5-6-12)15(20)10-3-4-11-8-16-17-13(11)7-10/h3-4,7-8,12H,2,5-6,9H2,1H3,(H,16,17). The summed E-state index contributed by atoms with van der Waals surface area (Å²) in [6.45, 7) is 2.09. The molecule has 1 aromatic heterocycles. The Bertz CT molecular complexity index is 676. The molecule has 0 atom stereocenters. The molecule has 110 valence electrons. The second kappa shape index (κ2) is 5.55. The predicted octanol–water partition coefficient (Wildman–Crippen LogP) is 1.73. The molecule has 6 heteroatoms. The fraction of sp³-hybridized carbons (Fsp3) is 0.400. The van der Waals surface area contributed by atoms with E-state index < -0.39 is 0 Å². The number of ether oxygens (including phenoxy) is 1. The van der Waals surface area contributed by atoms with E-state index in [0.29, 0.717) is 12.2 Å². The fourth-order valence-electron chi connectivity index (χ4n) is 2.33. The zero-order valence-corrected chi connectivity index (χ0v) is 11.8. The van der Waals surface area contributed by atoms with Crippen LogP contribution in [0.15, 0.2) is 24.4 Å². The molecule has 0 spiro atoms. The molecule has 1 heterocycles. The van der Waals surface area contributed by atoms with Crippen molar-refractivity contribution in [2.24, 2.45) is 0 Å². The van der Waals surface area contributed by atoms with Gasteiger partial charge in [0.15, 0.2) is 0 Å². The van der Waals surface area contributed by atoms with Crippen molar-refractivity contribution >= 4 is 22.8 Å². The molecule has 2 aromatic rings. The number of H-pyrrole nitrogens is 1. The molecule has 6 nitrogen and oxygen atoms in total. The van der Waals surface area contributed by atoms with Crippen molar-refractivity contribution in [1.82, 2.24) is 15.1 Å². The van der Waals surface area contributed by atoms with E-state index >= 15 is 0 Å². The third-order valence-electron chi connectivity index (χ3n) is 3.54. The van der Waals surface area contributed by atoms with Crippen LogP contribution in [0.4, 0.5) is 0 Å². The number of aromatic amines is 1. The number of amides is 1. The van der Waals surface area contributed by atoms with Crippen molar-refractivity contribution < 1.29 is 14.3 Å². The quantitative estimate of drug-likeness (QED) is 0.850. The molecule has 1 aliphatic rings. The van der Waals surface area contributed by atoms with Crippen LogP contribution in [0.1, 0.15) is 30.1 Å². The third kappa shape index (κ3) is 2.89. The molecule has 1 fully saturated rings. The van der Waals surface area contributed by atoms with E-state index in [1.54, 1.807) is 30.2 Å². The largest absolute Gasteiger partial charge is 0.465 e. The number of rotatable bonds is 5. The Hall–Kier alpha value is -2.37. The lowest BCUT2D eigenvalue weighted by molar-refractivity contribution is -0.144. The maximum Gasteiger partial charge on any atom is 0.325 e. The van der Waals surface area contributed by atoms with Crippen molar-refractivity contribution in [3.05, 3.63) is 30.0 Å². The number of carbonyl (C=O) groups is 2. The first-order valence-corrected chi connectivity index (χ1v) is 7.08. The highest BCUT2D eigenvalue weighted by molar-refractivity contribution is 5.99. The van der Waals surface area contributed by atoms with Gasteiger partial charge in [0.05, 0.1) is 18.3 Å². The minimum atomic E-state index is -0.361. The van der Waals surface area contributed by atoms with Crippen molar-refractivity contribution in [2.75, 3.05) is 13.2 Å². The van der Waals surface area contributed by atoms with Crippen molar-refractivity contribution in [1.29, 1.82) is 0 Å². The van der Waals surface area contributed by atoms with E-state index in [0.717, 1.165) is 23.7 Å². The highest BCUT2D eigenvalue weighted by Gasteiger charge is 2.34. The fourth-order valence-corrected chi connectivity index (χ4v) is 2.33. The van der Waals surface area contributed by atoms with Gasteiger partial charge in [0.2, 0.25) is 0 Å². The molecule has 1 saturated carbocycles. The minimum absolute atomic E-state index is 0.0123. The molecule has 0 saturated heterocycles. The maximum atomic E-state index is 12.6. The Kier molecular flexibility index (Phi) is 3.60. The molecular weight excluding hydrogens is 270 g/mol. The van der Waals surface area contributed by atoms with Gasteiger partial charge in [-0.1, -0.05) is 6.07 Å². The van der Waals surface area contributed by atoms with Crippen LogP contribution in [0, 0.1) is 0 Å². The van der Waals surface area contributed by atoms with Crippen LogP contribution in [0.5, 0.6) is 0 Å². The molecule has 1 aliphatic carbocycles. The lowest BCUT2D eigenvalue weighted by Crippen LogP contribution is -2.38. The Labute approximate surface area is 122 Å². The number of aromatic nitrogens is 2. The lowest BCUT2D eigenvalue weighted by Gasteiger charge is -2.21. The molecule has 21 heavy (non-hydrogen) atoms. The van der Waals surface area contributed by atoms with Gasteiger partial charge in [-0.05, 0) is 31.9 Å². The van der Waals surface area contributed by atoms with Crippen LogP contribution in [-0.4, -0.2) is 46.2 Å². The van der Waals surface area contributed by atoms with E-state index in [4.69, 9.17) is 4.74 Å². The van der Waals surface area contributed by atoms with Gasteiger partial charge >= 0.3 is 5.97 Å². The summed E-state index contributed by atoms with van der Waals surface area (Å²) < 4.78 is 4.95. The Morgan fingerprint density at radius 2 is 2.24 bits per heavy atom. The topological polar surface area (TPSA) is 75.3 Å². The molecule has 0 aliphatic heterocycles. The molecule has 0 radical (unpaired) electrons. The van der Waals surface area contributed by atoms with E-state index in [-0.39, 0.29) is 24.5 Å². The third-order valence-corrected chi connectivity index (χ3v) is 3.54. The number of hydrogen-bond acceptors (Lipinski definition) is 4. The second-order valence-corrected chi connectivity index (χ2v) is 5.14. The summed E-state index contributed by atoms with van der Waals surface area (Å²) in [5.74, 6) is -0.498. The average Bonchev–Trinajstić information content (AvgIpc) is 3.21. The molecular formula is C15H17N3O3. The average molecular weight is 287 g/mol.